The number of hydrogen-bond acceptors (Lipinski definition) is 4. The number of aliphatic carboxylic acids is 1. The van der Waals surface area contributed by atoms with Crippen LogP contribution in [0.3, 0.4) is 0 Å². The highest BCUT2D eigenvalue weighted by Crippen LogP contribution is 2.27. The molecule has 1 unspecified atom stereocenters. The van der Waals surface area contributed by atoms with Crippen LogP contribution in [0.5, 0.6) is 0 Å². The number of carbonyl (C=O) groups is 3. The van der Waals surface area contributed by atoms with Gasteiger partial charge in [-0.3, -0.25) is 4.79 Å². The van der Waals surface area contributed by atoms with Crippen molar-refractivity contribution in [3.05, 3.63) is 28.2 Å². The summed E-state index contributed by atoms with van der Waals surface area (Å²) < 4.78 is 0. The number of aliphatic hydroxyl groups is 1. The van der Waals surface area contributed by atoms with Crippen LogP contribution in [0.4, 0.5) is 10.5 Å². The molecule has 0 aromatic heterocycles. The molecule has 0 fully saturated rings. The van der Waals surface area contributed by atoms with E-state index in [-0.39, 0.29) is 20.6 Å². The minimum absolute atomic E-state index is 0.0431. The Morgan fingerprint density at radius 3 is 1.90 bits per heavy atom. The molecule has 9 heteroatoms. The zero-order chi connectivity index (χ0) is 15.7. The molecule has 0 saturated heterocycles. The van der Waals surface area contributed by atoms with Gasteiger partial charge in [-0.2, -0.15) is 0 Å². The third kappa shape index (κ3) is 3.19. The normalized spacial score (nSPS) is 13.4. The van der Waals surface area contributed by atoms with Gasteiger partial charge in [-0.05, 0) is 25.1 Å². The molecule has 7 nitrogen and oxygen atoms in total. The molecular formula is C11H9Cl2NO6. The minimum atomic E-state index is -2.91. The Bertz CT molecular complexity index is 566. The number of carbonyl (C=O) groups excluding carboxylic acids is 1. The first-order valence-electron chi connectivity index (χ1n) is 5.06. The summed E-state index contributed by atoms with van der Waals surface area (Å²) in [7, 11) is 0. The van der Waals surface area contributed by atoms with Gasteiger partial charge in [-0.25, -0.2) is 14.5 Å². The van der Waals surface area contributed by atoms with Gasteiger partial charge >= 0.3 is 12.1 Å². The molecule has 2 amide bonds. The standard InChI is InChI=1S/C11H9Cl2NO6/c1-11(20,9(16)17)8(15)14(10(18)19)7-3-5(12)2-6(13)4-7/h2-4,20H,1H3,(H,16,17)(H,18,19). The maximum atomic E-state index is 11.9. The minimum Gasteiger partial charge on any atom is -0.479 e. The predicted molar refractivity (Wildman–Crippen MR) is 70.2 cm³/mol. The van der Waals surface area contributed by atoms with Crippen LogP contribution in [-0.4, -0.2) is 38.9 Å². The predicted octanol–water partition coefficient (Wildman–Crippen LogP) is 1.84. The van der Waals surface area contributed by atoms with Crippen molar-refractivity contribution in [2.24, 2.45) is 0 Å². The van der Waals surface area contributed by atoms with Crippen LogP contribution in [-0.2, 0) is 9.59 Å². The SMILES string of the molecule is CC(O)(C(=O)O)C(=O)N(C(=O)O)c1cc(Cl)cc(Cl)c1. The van der Waals surface area contributed by atoms with Crippen LogP contribution in [0.2, 0.25) is 10.0 Å². The van der Waals surface area contributed by atoms with Crippen molar-refractivity contribution in [1.29, 1.82) is 0 Å². The number of halogens is 2. The second-order valence-corrected chi connectivity index (χ2v) is 4.80. The van der Waals surface area contributed by atoms with E-state index in [1.807, 2.05) is 0 Å². The van der Waals surface area contributed by atoms with Crippen LogP contribution in [0.25, 0.3) is 0 Å². The molecule has 1 aromatic rings. The molecule has 0 saturated carbocycles. The summed E-state index contributed by atoms with van der Waals surface area (Å²) in [6, 6.07) is 3.49. The van der Waals surface area contributed by atoms with Gasteiger partial charge in [0.25, 0.3) is 5.91 Å². The van der Waals surface area contributed by atoms with Gasteiger partial charge in [0, 0.05) is 10.0 Å². The Kier molecular flexibility index (Phi) is 4.59. The molecule has 1 rings (SSSR count). The number of benzene rings is 1. The van der Waals surface area contributed by atoms with E-state index in [0.29, 0.717) is 6.92 Å². The van der Waals surface area contributed by atoms with Crippen LogP contribution in [0.1, 0.15) is 6.92 Å². The van der Waals surface area contributed by atoms with E-state index in [9.17, 15) is 19.5 Å². The summed E-state index contributed by atoms with van der Waals surface area (Å²) >= 11 is 11.4. The molecule has 0 aliphatic carbocycles. The average molecular weight is 322 g/mol. The topological polar surface area (TPSA) is 115 Å². The van der Waals surface area contributed by atoms with E-state index in [2.05, 4.69) is 0 Å². The van der Waals surface area contributed by atoms with Crippen molar-refractivity contribution in [2.45, 2.75) is 12.5 Å². The number of nitrogens with zero attached hydrogens (tertiary/aromatic N) is 1. The lowest BCUT2D eigenvalue weighted by Crippen LogP contribution is -2.54. The highest BCUT2D eigenvalue weighted by Gasteiger charge is 2.45. The fourth-order valence-electron chi connectivity index (χ4n) is 1.29. The van der Waals surface area contributed by atoms with E-state index in [0.717, 1.165) is 12.1 Å². The van der Waals surface area contributed by atoms with Crippen LogP contribution < -0.4 is 4.90 Å². The lowest BCUT2D eigenvalue weighted by molar-refractivity contribution is -0.162. The maximum absolute atomic E-state index is 11.9. The third-order valence-electron chi connectivity index (χ3n) is 2.33. The second-order valence-electron chi connectivity index (χ2n) is 3.93. The molecule has 3 N–H and O–H groups in total. The van der Waals surface area contributed by atoms with Gasteiger partial charge < -0.3 is 15.3 Å². The van der Waals surface area contributed by atoms with Crippen molar-refractivity contribution in [2.75, 3.05) is 4.90 Å². The van der Waals surface area contributed by atoms with Gasteiger partial charge in [-0.15, -0.1) is 0 Å². The monoisotopic (exact) mass is 321 g/mol. The summed E-state index contributed by atoms with van der Waals surface area (Å²) in [6.45, 7) is 0.666. The third-order valence-corrected chi connectivity index (χ3v) is 2.77. The highest BCUT2D eigenvalue weighted by molar-refractivity contribution is 6.35. The molecule has 108 valence electrons. The largest absolute Gasteiger partial charge is 0.479 e. The van der Waals surface area contributed by atoms with E-state index in [4.69, 9.17) is 33.4 Å². The maximum Gasteiger partial charge on any atom is 0.418 e. The van der Waals surface area contributed by atoms with Crippen molar-refractivity contribution < 1.29 is 29.7 Å². The number of carboxylic acid groups (broad SMARTS) is 2. The molecule has 0 aliphatic rings. The van der Waals surface area contributed by atoms with Crippen molar-refractivity contribution in [3.63, 3.8) is 0 Å². The van der Waals surface area contributed by atoms with Gasteiger partial charge in [0.2, 0.25) is 5.60 Å². The smallest absolute Gasteiger partial charge is 0.418 e. The molecule has 0 radical (unpaired) electrons. The van der Waals surface area contributed by atoms with Crippen molar-refractivity contribution in [3.8, 4) is 0 Å². The number of rotatable bonds is 3. The molecular weight excluding hydrogens is 313 g/mol. The van der Waals surface area contributed by atoms with Crippen LogP contribution >= 0.6 is 23.2 Å². The Hall–Kier alpha value is -1.83. The molecule has 1 atom stereocenters. The first-order chi connectivity index (χ1) is 9.07. The summed E-state index contributed by atoms with van der Waals surface area (Å²) in [6.07, 6.45) is -1.78. The lowest BCUT2D eigenvalue weighted by Gasteiger charge is -2.24. The van der Waals surface area contributed by atoms with Gasteiger partial charge in [0.1, 0.15) is 0 Å². The Morgan fingerprint density at radius 1 is 1.10 bits per heavy atom. The van der Waals surface area contributed by atoms with Gasteiger partial charge in [0.05, 0.1) is 5.69 Å². The van der Waals surface area contributed by atoms with E-state index >= 15 is 0 Å². The van der Waals surface area contributed by atoms with Gasteiger partial charge in [0.15, 0.2) is 0 Å². The Labute approximate surface area is 122 Å². The number of imide groups is 1. The number of carboxylic acids is 1. The highest BCUT2D eigenvalue weighted by atomic mass is 35.5. The number of amides is 2. The van der Waals surface area contributed by atoms with Crippen molar-refractivity contribution >= 4 is 46.9 Å². The fraction of sp³-hybridized carbons (Fsp3) is 0.182. The fourth-order valence-corrected chi connectivity index (χ4v) is 1.81. The average Bonchev–Trinajstić information content (AvgIpc) is 2.26. The lowest BCUT2D eigenvalue weighted by atomic mass is 10.1. The van der Waals surface area contributed by atoms with Crippen LogP contribution in [0, 0.1) is 0 Å². The molecule has 0 aliphatic heterocycles. The van der Waals surface area contributed by atoms with Gasteiger partial charge in [-0.1, -0.05) is 23.2 Å². The van der Waals surface area contributed by atoms with Crippen molar-refractivity contribution in [1.82, 2.24) is 0 Å². The zero-order valence-corrected chi connectivity index (χ0v) is 11.5. The Morgan fingerprint density at radius 2 is 1.55 bits per heavy atom. The Balaban J connectivity index is 3.36. The van der Waals surface area contributed by atoms with E-state index in [1.54, 1.807) is 0 Å². The van der Waals surface area contributed by atoms with E-state index < -0.39 is 23.6 Å². The summed E-state index contributed by atoms with van der Waals surface area (Å²) in [5.74, 6) is -3.45. The first kappa shape index (κ1) is 16.2. The van der Waals surface area contributed by atoms with Crippen LogP contribution in [0.15, 0.2) is 18.2 Å². The first-order valence-corrected chi connectivity index (χ1v) is 5.82. The van der Waals surface area contributed by atoms with E-state index in [1.165, 1.54) is 6.07 Å². The number of hydrogen-bond donors (Lipinski definition) is 3. The number of anilines is 1. The summed E-state index contributed by atoms with van der Waals surface area (Å²) in [4.78, 5) is 33.9. The molecule has 0 spiro atoms. The quantitative estimate of drug-likeness (QED) is 0.731. The molecule has 0 bridgehead atoms. The summed E-state index contributed by atoms with van der Waals surface area (Å²) in [5, 5.41) is 27.4. The zero-order valence-electron chi connectivity index (χ0n) is 10.0. The summed E-state index contributed by atoms with van der Waals surface area (Å²) in [5.41, 5.74) is -3.19. The molecule has 0 heterocycles. The molecule has 1 aromatic carbocycles. The molecule has 20 heavy (non-hydrogen) atoms. The second kappa shape index (κ2) is 5.66.